The Balaban J connectivity index is 1.88. The molecule has 3 rings (SSSR count). The molecule has 37 heavy (non-hydrogen) atoms. The normalized spacial score (nSPS) is 12.4. The zero-order valence-corrected chi connectivity index (χ0v) is 22.5. The predicted molar refractivity (Wildman–Crippen MR) is 148 cm³/mol. The number of methoxy groups -OCH3 is 1. The molecular weight excluding hydrogens is 487 g/mol. The van der Waals surface area contributed by atoms with Gasteiger partial charge >= 0.3 is 0 Å². The SMILES string of the molecule is CCC(C)NC(=O)C(Cc1ccccc1)N(Cc1cccc(OC)c1)C(=O)CSCc1ccccc1F. The van der Waals surface area contributed by atoms with E-state index >= 15 is 0 Å². The summed E-state index contributed by atoms with van der Waals surface area (Å²) in [5.41, 5.74) is 2.38. The van der Waals surface area contributed by atoms with Gasteiger partial charge in [0.25, 0.3) is 0 Å². The Morgan fingerprint density at radius 1 is 1.00 bits per heavy atom. The quantitative estimate of drug-likeness (QED) is 0.317. The van der Waals surface area contributed by atoms with Gasteiger partial charge in [0.1, 0.15) is 17.6 Å². The maximum Gasteiger partial charge on any atom is 0.243 e. The third kappa shape index (κ3) is 8.64. The van der Waals surface area contributed by atoms with Crippen molar-refractivity contribution >= 4 is 23.6 Å². The second-order valence-corrected chi connectivity index (χ2v) is 9.97. The van der Waals surface area contributed by atoms with Gasteiger partial charge in [-0.1, -0.05) is 67.6 Å². The highest BCUT2D eigenvalue weighted by molar-refractivity contribution is 7.99. The molecule has 0 fully saturated rings. The number of thioether (sulfide) groups is 1. The molecule has 0 bridgehead atoms. The Labute approximate surface area is 223 Å². The molecule has 7 heteroatoms. The van der Waals surface area contributed by atoms with Crippen LogP contribution in [0.15, 0.2) is 78.9 Å². The summed E-state index contributed by atoms with van der Waals surface area (Å²) >= 11 is 1.34. The van der Waals surface area contributed by atoms with Crippen molar-refractivity contribution in [2.45, 2.75) is 51.1 Å². The molecule has 2 unspecified atom stereocenters. The number of carbonyl (C=O) groups is 2. The van der Waals surface area contributed by atoms with Crippen molar-refractivity contribution in [3.63, 3.8) is 0 Å². The summed E-state index contributed by atoms with van der Waals surface area (Å²) < 4.78 is 19.5. The first-order valence-electron chi connectivity index (χ1n) is 12.5. The molecule has 5 nitrogen and oxygen atoms in total. The number of carbonyl (C=O) groups excluding carboxylic acids is 2. The van der Waals surface area contributed by atoms with Crippen LogP contribution in [0.1, 0.15) is 37.0 Å². The maximum atomic E-state index is 14.1. The first kappa shape index (κ1) is 28.3. The van der Waals surface area contributed by atoms with Gasteiger partial charge in [0, 0.05) is 24.8 Å². The van der Waals surface area contributed by atoms with E-state index in [-0.39, 0.29) is 36.0 Å². The smallest absolute Gasteiger partial charge is 0.243 e. The summed E-state index contributed by atoms with van der Waals surface area (Å²) in [6, 6.07) is 23.1. The number of rotatable bonds is 13. The number of amides is 2. The van der Waals surface area contributed by atoms with E-state index in [1.165, 1.54) is 17.8 Å². The van der Waals surface area contributed by atoms with Crippen LogP contribution in [0.2, 0.25) is 0 Å². The molecule has 0 radical (unpaired) electrons. The predicted octanol–water partition coefficient (Wildman–Crippen LogP) is 5.62. The number of nitrogens with one attached hydrogen (secondary N) is 1. The number of halogens is 1. The second-order valence-electron chi connectivity index (χ2n) is 8.98. The first-order valence-corrected chi connectivity index (χ1v) is 13.6. The lowest BCUT2D eigenvalue weighted by molar-refractivity contribution is -0.139. The Hall–Kier alpha value is -3.32. The molecule has 0 aliphatic heterocycles. The molecule has 1 N–H and O–H groups in total. The number of benzene rings is 3. The minimum absolute atomic E-state index is 0.0185. The number of ether oxygens (including phenoxy) is 1. The van der Waals surface area contributed by atoms with Gasteiger partial charge in [-0.2, -0.15) is 0 Å². The molecule has 2 amide bonds. The third-order valence-electron chi connectivity index (χ3n) is 6.20. The molecule has 0 aliphatic carbocycles. The second kappa shape index (κ2) is 14.4. The Bertz CT molecular complexity index is 1160. The third-order valence-corrected chi connectivity index (χ3v) is 7.17. The van der Waals surface area contributed by atoms with Crippen LogP contribution < -0.4 is 10.1 Å². The van der Waals surface area contributed by atoms with Crippen LogP contribution in [0.3, 0.4) is 0 Å². The van der Waals surface area contributed by atoms with Crippen LogP contribution in [0.4, 0.5) is 4.39 Å². The van der Waals surface area contributed by atoms with Crippen molar-refractivity contribution in [2.75, 3.05) is 12.9 Å². The van der Waals surface area contributed by atoms with Crippen LogP contribution in [0, 0.1) is 5.82 Å². The van der Waals surface area contributed by atoms with Crippen molar-refractivity contribution in [2.24, 2.45) is 0 Å². The van der Waals surface area contributed by atoms with Crippen LogP contribution in [-0.4, -0.2) is 41.7 Å². The first-order chi connectivity index (χ1) is 17.9. The highest BCUT2D eigenvalue weighted by atomic mass is 32.2. The highest BCUT2D eigenvalue weighted by Crippen LogP contribution is 2.21. The number of hydrogen-bond donors (Lipinski definition) is 1. The van der Waals surface area contributed by atoms with Crippen molar-refractivity contribution in [1.82, 2.24) is 10.2 Å². The Morgan fingerprint density at radius 3 is 2.41 bits per heavy atom. The van der Waals surface area contributed by atoms with Gasteiger partial charge in [0.2, 0.25) is 11.8 Å². The molecule has 0 aromatic heterocycles. The summed E-state index contributed by atoms with van der Waals surface area (Å²) in [6.07, 6.45) is 1.17. The molecule has 0 spiro atoms. The fourth-order valence-corrected chi connectivity index (χ4v) is 4.81. The standard InChI is InChI=1S/C30H35FN2O3S/c1-4-22(2)32-30(35)28(18-23-11-6-5-7-12-23)33(19-24-13-10-15-26(17-24)36-3)29(34)21-37-20-25-14-8-9-16-27(25)31/h5-17,22,28H,4,18-21H2,1-3H3,(H,32,35). The molecule has 2 atom stereocenters. The van der Waals surface area contributed by atoms with E-state index in [1.54, 1.807) is 30.2 Å². The molecule has 3 aromatic rings. The van der Waals surface area contributed by atoms with Gasteiger partial charge in [-0.05, 0) is 48.2 Å². The minimum Gasteiger partial charge on any atom is -0.497 e. The topological polar surface area (TPSA) is 58.6 Å². The lowest BCUT2D eigenvalue weighted by Crippen LogP contribution is -2.52. The average molecular weight is 523 g/mol. The van der Waals surface area contributed by atoms with Crippen molar-refractivity contribution in [3.8, 4) is 5.75 Å². The summed E-state index contributed by atoms with van der Waals surface area (Å²) in [4.78, 5) is 28.8. The van der Waals surface area contributed by atoms with Crippen molar-refractivity contribution in [1.29, 1.82) is 0 Å². The zero-order valence-electron chi connectivity index (χ0n) is 21.7. The van der Waals surface area contributed by atoms with Crippen LogP contribution in [-0.2, 0) is 28.3 Å². The fraction of sp³-hybridized carbons (Fsp3) is 0.333. The molecule has 196 valence electrons. The van der Waals surface area contributed by atoms with E-state index in [4.69, 9.17) is 4.74 Å². The number of hydrogen-bond acceptors (Lipinski definition) is 4. The molecular formula is C30H35FN2O3S. The lowest BCUT2D eigenvalue weighted by Gasteiger charge is -2.32. The van der Waals surface area contributed by atoms with Gasteiger partial charge in [0.15, 0.2) is 0 Å². The molecule has 0 heterocycles. The van der Waals surface area contributed by atoms with E-state index in [2.05, 4.69) is 5.32 Å². The highest BCUT2D eigenvalue weighted by Gasteiger charge is 2.31. The van der Waals surface area contributed by atoms with Crippen molar-refractivity contribution in [3.05, 3.63) is 101 Å². The lowest BCUT2D eigenvalue weighted by atomic mass is 10.0. The van der Waals surface area contributed by atoms with Crippen LogP contribution in [0.5, 0.6) is 5.75 Å². The number of nitrogens with zero attached hydrogens (tertiary/aromatic N) is 1. The van der Waals surface area contributed by atoms with E-state index in [9.17, 15) is 14.0 Å². The maximum absolute atomic E-state index is 14.1. The molecule has 0 saturated heterocycles. The Kier molecular flexibility index (Phi) is 11.0. The summed E-state index contributed by atoms with van der Waals surface area (Å²) in [7, 11) is 1.60. The van der Waals surface area contributed by atoms with Gasteiger partial charge in [-0.15, -0.1) is 11.8 Å². The Morgan fingerprint density at radius 2 is 1.70 bits per heavy atom. The largest absolute Gasteiger partial charge is 0.497 e. The van der Waals surface area contributed by atoms with Crippen LogP contribution >= 0.6 is 11.8 Å². The van der Waals surface area contributed by atoms with E-state index in [0.29, 0.717) is 23.5 Å². The van der Waals surface area contributed by atoms with Crippen molar-refractivity contribution < 1.29 is 18.7 Å². The summed E-state index contributed by atoms with van der Waals surface area (Å²) in [5.74, 6) is 0.527. The molecule has 3 aromatic carbocycles. The van der Waals surface area contributed by atoms with E-state index in [0.717, 1.165) is 17.5 Å². The van der Waals surface area contributed by atoms with Gasteiger partial charge in [-0.3, -0.25) is 9.59 Å². The van der Waals surface area contributed by atoms with Gasteiger partial charge in [0.05, 0.1) is 12.9 Å². The fourth-order valence-electron chi connectivity index (χ4n) is 3.91. The zero-order chi connectivity index (χ0) is 26.6. The van der Waals surface area contributed by atoms with Crippen LogP contribution in [0.25, 0.3) is 0 Å². The van der Waals surface area contributed by atoms with E-state index in [1.807, 2.05) is 68.4 Å². The van der Waals surface area contributed by atoms with Gasteiger partial charge < -0.3 is 15.0 Å². The average Bonchev–Trinajstić information content (AvgIpc) is 2.92. The van der Waals surface area contributed by atoms with Gasteiger partial charge in [-0.25, -0.2) is 4.39 Å². The molecule has 0 aliphatic rings. The molecule has 0 saturated carbocycles. The summed E-state index contributed by atoms with van der Waals surface area (Å²) in [5, 5.41) is 3.07. The monoisotopic (exact) mass is 522 g/mol. The minimum atomic E-state index is -0.704. The summed E-state index contributed by atoms with van der Waals surface area (Å²) in [6.45, 7) is 4.22. The van der Waals surface area contributed by atoms with E-state index < -0.39 is 6.04 Å².